The predicted octanol–water partition coefficient (Wildman–Crippen LogP) is 2.86. The Morgan fingerprint density at radius 1 is 1.08 bits per heavy atom. The molecule has 1 aromatic rings. The Labute approximate surface area is 144 Å². The number of alkyl halides is 6. The molecule has 0 aliphatic heterocycles. The summed E-state index contributed by atoms with van der Waals surface area (Å²) >= 11 is 0. The molecule has 0 heterocycles. The van der Waals surface area contributed by atoms with E-state index in [1.165, 1.54) is 11.8 Å². The highest BCUT2D eigenvalue weighted by Gasteiger charge is 2.68. The minimum Gasteiger partial charge on any atom is -0.350 e. The molecule has 0 unspecified atom stereocenters. The zero-order valence-corrected chi connectivity index (χ0v) is 14.1. The zero-order chi connectivity index (χ0) is 20.6. The van der Waals surface area contributed by atoms with Crippen LogP contribution in [0.5, 0.6) is 0 Å². The third-order valence-electron chi connectivity index (χ3n) is 3.32. The average molecular weight is 409 g/mol. The van der Waals surface area contributed by atoms with E-state index in [-0.39, 0.29) is 12.5 Å². The number of halogens is 7. The first-order valence-electron chi connectivity index (χ1n) is 6.66. The Morgan fingerprint density at radius 2 is 1.58 bits per heavy atom. The molecule has 0 aliphatic carbocycles. The van der Waals surface area contributed by atoms with E-state index in [2.05, 4.69) is 6.58 Å². The fraction of sp³-hybridized carbons (Fsp3) is 0.385. The van der Waals surface area contributed by atoms with E-state index in [1.807, 2.05) is 0 Å². The van der Waals surface area contributed by atoms with Gasteiger partial charge in [0.1, 0.15) is 11.6 Å². The van der Waals surface area contributed by atoms with Gasteiger partial charge in [0, 0.05) is 0 Å². The molecule has 1 aromatic carbocycles. The fourth-order valence-electron chi connectivity index (χ4n) is 1.56. The van der Waals surface area contributed by atoms with Crippen molar-refractivity contribution in [3.05, 3.63) is 42.0 Å². The van der Waals surface area contributed by atoms with Crippen LogP contribution in [0.1, 0.15) is 12.5 Å². The van der Waals surface area contributed by atoms with E-state index in [9.17, 15) is 39.2 Å². The lowest BCUT2D eigenvalue weighted by Gasteiger charge is -2.36. The van der Waals surface area contributed by atoms with Crippen LogP contribution < -0.4 is 15.6 Å². The largest absolute Gasteiger partial charge is 0.420 e. The maximum atomic E-state index is 13.4. The Balaban J connectivity index is 2.92. The van der Waals surface area contributed by atoms with Gasteiger partial charge >= 0.3 is 12.4 Å². The Morgan fingerprint density at radius 3 is 2.00 bits per heavy atom. The minimum atomic E-state index is -5.76. The van der Waals surface area contributed by atoms with Crippen LogP contribution in [-0.4, -0.2) is 26.3 Å². The summed E-state index contributed by atoms with van der Waals surface area (Å²) in [5.74, 6) is -2.00. The molecule has 26 heavy (non-hydrogen) atoms. The highest BCUT2D eigenvalue weighted by Crippen LogP contribution is 2.42. The first-order valence-corrected chi connectivity index (χ1v) is 8.14. The van der Waals surface area contributed by atoms with Crippen LogP contribution in [0.25, 0.3) is 0 Å². The lowest BCUT2D eigenvalue weighted by molar-refractivity contribution is -0.299. The van der Waals surface area contributed by atoms with Crippen molar-refractivity contribution in [2.75, 3.05) is 0 Å². The molecular formula is C13H14F7N3O2S. The molecule has 0 bridgehead atoms. The van der Waals surface area contributed by atoms with Crippen LogP contribution in [0, 0.1) is 12.7 Å². The minimum absolute atomic E-state index is 0.133. The fourth-order valence-corrected chi connectivity index (χ4v) is 2.45. The normalized spacial score (nSPS) is 13.4. The number of nitrogens with one attached hydrogen (secondary N) is 3. The molecule has 148 valence electrons. The van der Waals surface area contributed by atoms with Gasteiger partial charge in [-0.25, -0.2) is 12.8 Å². The third kappa shape index (κ3) is 4.58. The molecule has 0 aromatic heterocycles. The smallest absolute Gasteiger partial charge is 0.350 e. The van der Waals surface area contributed by atoms with E-state index < -0.39 is 44.4 Å². The summed E-state index contributed by atoms with van der Waals surface area (Å²) in [6.45, 7) is 4.05. The molecule has 0 spiro atoms. The van der Waals surface area contributed by atoms with Crippen LogP contribution in [0.2, 0.25) is 0 Å². The Bertz CT molecular complexity index is 774. The maximum Gasteiger partial charge on any atom is 0.420 e. The van der Waals surface area contributed by atoms with Crippen LogP contribution in [-0.2, 0) is 10.0 Å². The van der Waals surface area contributed by atoms with Crippen LogP contribution in [0.3, 0.4) is 0 Å². The number of hydrazine groups is 1. The second-order valence-corrected chi connectivity index (χ2v) is 7.05. The summed E-state index contributed by atoms with van der Waals surface area (Å²) in [5.41, 5.74) is -2.66. The number of rotatable bonds is 6. The molecule has 0 saturated heterocycles. The summed E-state index contributed by atoms with van der Waals surface area (Å²) in [6, 6.07) is 2.75. The lowest BCUT2D eigenvalue weighted by atomic mass is 10.0. The van der Waals surface area contributed by atoms with E-state index in [0.717, 1.165) is 17.4 Å². The van der Waals surface area contributed by atoms with E-state index >= 15 is 0 Å². The zero-order valence-electron chi connectivity index (χ0n) is 13.3. The number of aryl methyl sites for hydroxylation is 1. The molecule has 13 heteroatoms. The predicted molar refractivity (Wildman–Crippen MR) is 77.4 cm³/mol. The SMILES string of the molecule is C=C(NNS(=O)(=O)c1ccc(C)c(F)c1)NC(C)(C(F)(F)F)C(F)(F)F. The standard InChI is InChI=1S/C13H14F7N3O2S/c1-7-4-5-9(6-10(7)14)26(24,25)23-22-8(2)21-11(3,12(15,16)17)13(18,19)20/h4-6,21-23H,2H2,1,3H3. The molecule has 5 nitrogen and oxygen atoms in total. The Hall–Kier alpha value is -2.02. The van der Waals surface area contributed by atoms with Crippen molar-refractivity contribution in [1.29, 1.82) is 0 Å². The van der Waals surface area contributed by atoms with Crippen molar-refractivity contribution < 1.29 is 39.2 Å². The van der Waals surface area contributed by atoms with Gasteiger partial charge in [0.2, 0.25) is 5.54 Å². The molecule has 3 N–H and O–H groups in total. The first-order chi connectivity index (χ1) is 11.5. The first kappa shape index (κ1) is 22.0. The summed E-state index contributed by atoms with van der Waals surface area (Å²) in [6.07, 6.45) is -11.5. The molecule has 0 saturated carbocycles. The summed E-state index contributed by atoms with van der Waals surface area (Å²) in [5, 5.41) is 1.06. The van der Waals surface area contributed by atoms with Gasteiger partial charge in [0.25, 0.3) is 10.0 Å². The topological polar surface area (TPSA) is 70.2 Å². The molecule has 0 fully saturated rings. The van der Waals surface area contributed by atoms with Gasteiger partial charge in [-0.2, -0.15) is 26.3 Å². The van der Waals surface area contributed by atoms with Gasteiger partial charge in [-0.1, -0.05) is 12.6 Å². The van der Waals surface area contributed by atoms with Crippen molar-refractivity contribution in [1.82, 2.24) is 15.6 Å². The van der Waals surface area contributed by atoms with Crippen LogP contribution >= 0.6 is 0 Å². The van der Waals surface area contributed by atoms with Crippen molar-refractivity contribution in [2.24, 2.45) is 0 Å². The van der Waals surface area contributed by atoms with Gasteiger partial charge in [0.05, 0.1) is 4.90 Å². The van der Waals surface area contributed by atoms with Gasteiger partial charge in [-0.05, 0) is 31.5 Å². The molecule has 0 amide bonds. The summed E-state index contributed by atoms with van der Waals surface area (Å²) in [4.78, 5) is 0.904. The van der Waals surface area contributed by atoms with E-state index in [1.54, 1.807) is 5.43 Å². The van der Waals surface area contributed by atoms with Crippen molar-refractivity contribution >= 4 is 10.0 Å². The third-order valence-corrected chi connectivity index (χ3v) is 4.57. The molecule has 0 atom stereocenters. The van der Waals surface area contributed by atoms with Crippen LogP contribution in [0.4, 0.5) is 30.7 Å². The number of sulfonamides is 1. The quantitative estimate of drug-likeness (QED) is 0.499. The maximum absolute atomic E-state index is 13.4. The van der Waals surface area contributed by atoms with Crippen LogP contribution in [0.15, 0.2) is 35.5 Å². The average Bonchev–Trinajstić information content (AvgIpc) is 2.45. The van der Waals surface area contributed by atoms with Gasteiger partial charge in [0.15, 0.2) is 0 Å². The number of hydrogen-bond acceptors (Lipinski definition) is 4. The monoisotopic (exact) mass is 409 g/mol. The highest BCUT2D eigenvalue weighted by molar-refractivity contribution is 7.89. The lowest BCUT2D eigenvalue weighted by Crippen LogP contribution is -2.65. The van der Waals surface area contributed by atoms with Crippen molar-refractivity contribution in [2.45, 2.75) is 36.6 Å². The van der Waals surface area contributed by atoms with Gasteiger partial charge in [-0.3, -0.25) is 5.43 Å². The van der Waals surface area contributed by atoms with E-state index in [0.29, 0.717) is 6.07 Å². The van der Waals surface area contributed by atoms with Crippen molar-refractivity contribution in [3.8, 4) is 0 Å². The van der Waals surface area contributed by atoms with Gasteiger partial charge in [-0.15, -0.1) is 4.83 Å². The van der Waals surface area contributed by atoms with E-state index in [4.69, 9.17) is 0 Å². The summed E-state index contributed by atoms with van der Waals surface area (Å²) in [7, 11) is -4.49. The summed E-state index contributed by atoms with van der Waals surface area (Å²) < 4.78 is 114. The van der Waals surface area contributed by atoms with Crippen molar-refractivity contribution in [3.63, 3.8) is 0 Å². The Kier molecular flexibility index (Phi) is 5.88. The highest BCUT2D eigenvalue weighted by atomic mass is 32.2. The molecule has 0 aliphatic rings. The molecule has 1 rings (SSSR count). The second-order valence-electron chi connectivity index (χ2n) is 5.37. The number of hydrogen-bond donors (Lipinski definition) is 3. The number of benzene rings is 1. The second kappa shape index (κ2) is 6.95. The van der Waals surface area contributed by atoms with Gasteiger partial charge < -0.3 is 5.32 Å². The molecular weight excluding hydrogens is 395 g/mol. The molecule has 0 radical (unpaired) electrons.